The van der Waals surface area contributed by atoms with E-state index in [0.29, 0.717) is 0 Å². The van der Waals surface area contributed by atoms with Gasteiger partial charge in [-0.1, -0.05) is 39.5 Å². The van der Waals surface area contributed by atoms with Crippen molar-refractivity contribution < 1.29 is 0 Å². The van der Waals surface area contributed by atoms with Gasteiger partial charge in [-0.25, -0.2) is 0 Å². The van der Waals surface area contributed by atoms with Crippen LogP contribution < -0.4 is 0 Å². The summed E-state index contributed by atoms with van der Waals surface area (Å²) in [4.78, 5) is 0. The maximum Gasteiger partial charge on any atom is 0.129 e. The average Bonchev–Trinajstić information content (AvgIpc) is 2.76. The van der Waals surface area contributed by atoms with Crippen molar-refractivity contribution in [1.29, 1.82) is 0 Å². The van der Waals surface area contributed by atoms with E-state index in [-0.39, 0.29) is 10.8 Å². The van der Waals surface area contributed by atoms with Crippen molar-refractivity contribution in [3.8, 4) is 0 Å². The molecule has 0 radical (unpaired) electrons. The summed E-state index contributed by atoms with van der Waals surface area (Å²) >= 11 is 14.7. The number of alkyl halides is 2. The van der Waals surface area contributed by atoms with E-state index in [9.17, 15) is 0 Å². The molecule has 30 heavy (non-hydrogen) atoms. The third-order valence-corrected chi connectivity index (χ3v) is 13.0. The Morgan fingerprint density at radius 1 is 0.467 bits per heavy atom. The van der Waals surface area contributed by atoms with Crippen molar-refractivity contribution in [3.05, 3.63) is 0 Å². The molecule has 0 bridgehead atoms. The normalized spacial score (nSPS) is 51.6. The van der Waals surface area contributed by atoms with Gasteiger partial charge in [0.2, 0.25) is 0 Å². The molecule has 0 aromatic rings. The van der Waals surface area contributed by atoms with E-state index < -0.39 is 4.33 Å². The average molecular weight is 454 g/mol. The van der Waals surface area contributed by atoms with E-state index >= 15 is 0 Å². The van der Waals surface area contributed by atoms with Crippen molar-refractivity contribution in [1.82, 2.24) is 0 Å². The molecule has 172 valence electrons. The Balaban J connectivity index is 1.15. The van der Waals surface area contributed by atoms with Crippen LogP contribution in [0, 0.1) is 46.3 Å². The van der Waals surface area contributed by atoms with Gasteiger partial charge >= 0.3 is 0 Å². The fourth-order valence-electron chi connectivity index (χ4n) is 9.15. The van der Waals surface area contributed by atoms with Crippen LogP contribution in [-0.4, -0.2) is 4.33 Å². The van der Waals surface area contributed by atoms with Crippen LogP contribution in [0.3, 0.4) is 0 Å². The highest BCUT2D eigenvalue weighted by Crippen LogP contribution is 2.77. The third-order valence-electron chi connectivity index (χ3n) is 11.4. The third kappa shape index (κ3) is 3.71. The second kappa shape index (κ2) is 8.42. The maximum atomic E-state index is 7.35. The van der Waals surface area contributed by atoms with E-state index in [1.54, 1.807) is 0 Å². The second-order valence-corrected chi connectivity index (χ2v) is 14.4. The molecule has 5 fully saturated rings. The van der Waals surface area contributed by atoms with Crippen molar-refractivity contribution >= 4 is 23.2 Å². The Hall–Kier alpha value is 0.580. The molecule has 0 amide bonds. The number of hydrogen-bond donors (Lipinski definition) is 0. The smallest absolute Gasteiger partial charge is 0.100 e. The first-order valence-electron chi connectivity index (χ1n) is 13.7. The summed E-state index contributed by atoms with van der Waals surface area (Å²) in [5.74, 6) is 5.87. The van der Waals surface area contributed by atoms with Gasteiger partial charge in [0.15, 0.2) is 0 Å². The molecule has 2 heteroatoms. The molecule has 5 aliphatic carbocycles. The Morgan fingerprint density at radius 3 is 1.07 bits per heavy atom. The number of rotatable bonds is 2. The molecular formula is C28H46Cl2. The quantitative estimate of drug-likeness (QED) is 0.365. The molecule has 0 N–H and O–H groups in total. The molecule has 0 heterocycles. The molecule has 0 aromatic carbocycles. The Labute approximate surface area is 196 Å². The largest absolute Gasteiger partial charge is 0.129 e. The van der Waals surface area contributed by atoms with Crippen LogP contribution in [0.5, 0.6) is 0 Å². The van der Waals surface area contributed by atoms with Gasteiger partial charge < -0.3 is 0 Å². The van der Waals surface area contributed by atoms with Gasteiger partial charge in [-0.2, -0.15) is 0 Å². The lowest BCUT2D eigenvalue weighted by molar-refractivity contribution is -0.122. The Kier molecular flexibility index (Phi) is 6.28. The van der Waals surface area contributed by atoms with Gasteiger partial charge in [-0.15, -0.1) is 23.2 Å². The minimum atomic E-state index is -0.446. The topological polar surface area (TPSA) is 0 Å². The summed E-state index contributed by atoms with van der Waals surface area (Å²) in [6, 6.07) is 0. The van der Waals surface area contributed by atoms with Crippen LogP contribution in [0.15, 0.2) is 0 Å². The monoisotopic (exact) mass is 452 g/mol. The van der Waals surface area contributed by atoms with Crippen molar-refractivity contribution in [2.45, 2.75) is 127 Å². The molecule has 5 aliphatic rings. The van der Waals surface area contributed by atoms with Gasteiger partial charge in [0, 0.05) is 10.8 Å². The van der Waals surface area contributed by atoms with Crippen LogP contribution in [0.1, 0.15) is 123 Å². The van der Waals surface area contributed by atoms with Crippen molar-refractivity contribution in [2.75, 3.05) is 0 Å². The Bertz CT molecular complexity index is 528. The summed E-state index contributed by atoms with van der Waals surface area (Å²) in [6.07, 6.45) is 24.0. The molecule has 0 saturated heterocycles. The van der Waals surface area contributed by atoms with Gasteiger partial charge in [0.25, 0.3) is 0 Å². The van der Waals surface area contributed by atoms with Crippen molar-refractivity contribution in [2.24, 2.45) is 46.3 Å². The lowest BCUT2D eigenvalue weighted by atomic mass is 9.42. The summed E-state index contributed by atoms with van der Waals surface area (Å²) < 4.78 is -0.446. The molecule has 0 aromatic heterocycles. The lowest BCUT2D eigenvalue weighted by Crippen LogP contribution is -2.66. The first-order valence-corrected chi connectivity index (χ1v) is 14.5. The molecule has 5 rings (SSSR count). The van der Waals surface area contributed by atoms with Crippen molar-refractivity contribution in [3.63, 3.8) is 0 Å². The van der Waals surface area contributed by atoms with Crippen LogP contribution in [0.4, 0.5) is 0 Å². The molecule has 0 aliphatic heterocycles. The zero-order valence-electron chi connectivity index (χ0n) is 19.7. The first kappa shape index (κ1) is 22.4. The molecule has 0 unspecified atom stereocenters. The number of hydrogen-bond acceptors (Lipinski definition) is 0. The molecule has 0 nitrogen and oxygen atoms in total. The van der Waals surface area contributed by atoms with Gasteiger partial charge in [0.05, 0.1) is 0 Å². The molecule has 2 spiro atoms. The van der Waals surface area contributed by atoms with E-state index in [4.69, 9.17) is 23.2 Å². The van der Waals surface area contributed by atoms with Crippen LogP contribution in [0.2, 0.25) is 0 Å². The highest BCUT2D eigenvalue weighted by Gasteiger charge is 2.72. The fourth-order valence-corrected chi connectivity index (χ4v) is 10.2. The molecule has 5 saturated carbocycles. The van der Waals surface area contributed by atoms with E-state index in [0.717, 1.165) is 35.5 Å². The van der Waals surface area contributed by atoms with Crippen LogP contribution in [0.25, 0.3) is 0 Å². The van der Waals surface area contributed by atoms with E-state index in [1.165, 1.54) is 109 Å². The number of halogens is 2. The van der Waals surface area contributed by atoms with Gasteiger partial charge in [0.1, 0.15) is 4.33 Å². The summed E-state index contributed by atoms with van der Waals surface area (Å²) in [6.45, 7) is 4.89. The molecule has 0 atom stereocenters. The second-order valence-electron chi connectivity index (χ2n) is 13.0. The highest BCUT2D eigenvalue weighted by atomic mass is 35.5. The predicted molar refractivity (Wildman–Crippen MR) is 130 cm³/mol. The Morgan fingerprint density at radius 2 is 0.767 bits per heavy atom. The minimum absolute atomic E-state index is 0.252. The fraction of sp³-hybridized carbons (Fsp3) is 1.00. The molecular weight excluding hydrogens is 407 g/mol. The lowest BCUT2D eigenvalue weighted by Gasteiger charge is -2.69. The summed E-state index contributed by atoms with van der Waals surface area (Å²) in [7, 11) is 0. The van der Waals surface area contributed by atoms with Crippen LogP contribution >= 0.6 is 23.2 Å². The minimum Gasteiger partial charge on any atom is -0.100 e. The van der Waals surface area contributed by atoms with Crippen LogP contribution in [-0.2, 0) is 0 Å². The first-order chi connectivity index (χ1) is 14.3. The van der Waals surface area contributed by atoms with E-state index in [2.05, 4.69) is 13.8 Å². The SMILES string of the molecule is CC1CCC(C2CC[C@]3(CC2)C[C@@]2(CC[C@H](C4CCC(C)CC4)CC2)C3(Cl)Cl)CC1. The highest BCUT2D eigenvalue weighted by molar-refractivity contribution is 6.50. The predicted octanol–water partition coefficient (Wildman–Crippen LogP) is 9.57. The van der Waals surface area contributed by atoms with Gasteiger partial charge in [-0.05, 0) is 119 Å². The summed E-state index contributed by atoms with van der Waals surface area (Å²) in [5, 5.41) is 0. The summed E-state index contributed by atoms with van der Waals surface area (Å²) in [5.41, 5.74) is 0.503. The standard InChI is InChI=1S/C28H46Cl2/c1-20-3-7-22(8-4-20)24-11-15-26(16-12-24)19-27(28(26,29)30)17-13-25(14-18-27)23-9-5-21(2)6-10-23/h20-25H,3-19H2,1-2H3/t20?,21?,22?,23?,24-,25?,26-,27-. The zero-order chi connectivity index (χ0) is 21.0. The zero-order valence-corrected chi connectivity index (χ0v) is 21.3. The van der Waals surface area contributed by atoms with E-state index in [1.807, 2.05) is 0 Å². The van der Waals surface area contributed by atoms with Gasteiger partial charge in [-0.3, -0.25) is 0 Å². The maximum absolute atomic E-state index is 7.35.